The van der Waals surface area contributed by atoms with Gasteiger partial charge in [-0.25, -0.2) is 0 Å². The molecule has 1 saturated heterocycles. The van der Waals surface area contributed by atoms with Gasteiger partial charge >= 0.3 is 5.97 Å². The summed E-state index contributed by atoms with van der Waals surface area (Å²) in [7, 11) is 1.59. The lowest BCUT2D eigenvalue weighted by Crippen LogP contribution is -2.46. The molecule has 1 amide bonds. The van der Waals surface area contributed by atoms with E-state index in [-0.39, 0.29) is 25.3 Å². The number of aromatic nitrogens is 2. The van der Waals surface area contributed by atoms with Crippen molar-refractivity contribution in [1.82, 2.24) is 15.0 Å². The zero-order chi connectivity index (χ0) is 19.2. The fourth-order valence-corrected chi connectivity index (χ4v) is 2.85. The SMILES string of the molecule is COc1ccc(-c2noc(CCC(=O)N3CCOC(CC(=O)O)C3)n2)cc1. The number of carbonyl (C=O) groups excluding carboxylic acids is 1. The summed E-state index contributed by atoms with van der Waals surface area (Å²) in [6.07, 6.45) is -0.0451. The highest BCUT2D eigenvalue weighted by Crippen LogP contribution is 2.20. The second-order valence-corrected chi connectivity index (χ2v) is 6.17. The molecule has 27 heavy (non-hydrogen) atoms. The third-order valence-corrected chi connectivity index (χ3v) is 4.26. The lowest BCUT2D eigenvalue weighted by atomic mass is 10.2. The first-order valence-corrected chi connectivity index (χ1v) is 8.63. The maximum absolute atomic E-state index is 12.4. The average molecular weight is 375 g/mol. The molecule has 1 atom stereocenters. The standard InChI is InChI=1S/C18H21N3O6/c1-25-13-4-2-12(3-5-13)18-19-15(27-20-18)6-7-16(22)21-8-9-26-14(11-21)10-17(23)24/h2-5,14H,6-11H2,1H3,(H,23,24). The van der Waals surface area contributed by atoms with E-state index in [0.717, 1.165) is 11.3 Å². The Morgan fingerprint density at radius 1 is 1.33 bits per heavy atom. The largest absolute Gasteiger partial charge is 0.497 e. The summed E-state index contributed by atoms with van der Waals surface area (Å²) in [4.78, 5) is 29.1. The molecule has 1 fully saturated rings. The Labute approximate surface area is 155 Å². The van der Waals surface area contributed by atoms with Gasteiger partial charge in [0.25, 0.3) is 0 Å². The molecule has 0 aliphatic carbocycles. The third kappa shape index (κ3) is 5.04. The van der Waals surface area contributed by atoms with Crippen LogP contribution in [0.2, 0.25) is 0 Å². The lowest BCUT2D eigenvalue weighted by Gasteiger charge is -2.32. The number of aryl methyl sites for hydroxylation is 1. The average Bonchev–Trinajstić information content (AvgIpc) is 3.15. The minimum atomic E-state index is -0.939. The van der Waals surface area contributed by atoms with E-state index >= 15 is 0 Å². The van der Waals surface area contributed by atoms with Gasteiger partial charge in [-0.05, 0) is 24.3 Å². The van der Waals surface area contributed by atoms with E-state index in [1.807, 2.05) is 12.1 Å². The van der Waals surface area contributed by atoms with E-state index in [1.54, 1.807) is 24.1 Å². The Morgan fingerprint density at radius 3 is 2.81 bits per heavy atom. The topological polar surface area (TPSA) is 115 Å². The summed E-state index contributed by atoms with van der Waals surface area (Å²) in [5.74, 6) is 0.543. The van der Waals surface area contributed by atoms with Gasteiger partial charge in [-0.1, -0.05) is 5.16 Å². The fourth-order valence-electron chi connectivity index (χ4n) is 2.85. The normalized spacial score (nSPS) is 16.9. The van der Waals surface area contributed by atoms with Crippen LogP contribution < -0.4 is 4.74 Å². The smallest absolute Gasteiger partial charge is 0.306 e. The highest BCUT2D eigenvalue weighted by molar-refractivity contribution is 5.76. The number of nitrogens with zero attached hydrogens (tertiary/aromatic N) is 3. The van der Waals surface area contributed by atoms with Crippen LogP contribution in [-0.4, -0.2) is 64.9 Å². The van der Waals surface area contributed by atoms with Crippen LogP contribution in [0.3, 0.4) is 0 Å². The van der Waals surface area contributed by atoms with E-state index < -0.39 is 12.1 Å². The number of morpholine rings is 1. The zero-order valence-electron chi connectivity index (χ0n) is 15.0. The van der Waals surface area contributed by atoms with Gasteiger partial charge in [0, 0.05) is 31.5 Å². The molecule has 2 heterocycles. The maximum atomic E-state index is 12.4. The van der Waals surface area contributed by atoms with Crippen LogP contribution in [0.1, 0.15) is 18.7 Å². The minimum Gasteiger partial charge on any atom is -0.497 e. The molecule has 2 aromatic rings. The van der Waals surface area contributed by atoms with E-state index in [9.17, 15) is 9.59 Å². The molecule has 1 N–H and O–H groups in total. The van der Waals surface area contributed by atoms with Crippen LogP contribution in [0.5, 0.6) is 5.75 Å². The summed E-state index contributed by atoms with van der Waals surface area (Å²) in [5.41, 5.74) is 0.793. The van der Waals surface area contributed by atoms with Crippen LogP contribution in [0.4, 0.5) is 0 Å². The summed E-state index contributed by atoms with van der Waals surface area (Å²) in [5, 5.41) is 12.8. The second kappa shape index (κ2) is 8.63. The molecule has 1 aromatic carbocycles. The molecular formula is C18H21N3O6. The number of carbonyl (C=O) groups is 2. The summed E-state index contributed by atoms with van der Waals surface area (Å²) < 4.78 is 15.7. The van der Waals surface area contributed by atoms with Crippen molar-refractivity contribution in [2.24, 2.45) is 0 Å². The molecule has 144 valence electrons. The van der Waals surface area contributed by atoms with Crippen molar-refractivity contribution in [2.45, 2.75) is 25.4 Å². The van der Waals surface area contributed by atoms with Gasteiger partial charge in [0.15, 0.2) is 0 Å². The van der Waals surface area contributed by atoms with Crippen molar-refractivity contribution in [3.63, 3.8) is 0 Å². The molecule has 9 heteroatoms. The van der Waals surface area contributed by atoms with Gasteiger partial charge < -0.3 is 24.0 Å². The van der Waals surface area contributed by atoms with E-state index in [2.05, 4.69) is 10.1 Å². The monoisotopic (exact) mass is 375 g/mol. The van der Waals surface area contributed by atoms with E-state index in [0.29, 0.717) is 31.3 Å². The quantitative estimate of drug-likeness (QED) is 0.772. The summed E-state index contributed by atoms with van der Waals surface area (Å²) in [6.45, 7) is 1.08. The molecule has 1 aromatic heterocycles. The van der Waals surface area contributed by atoms with Gasteiger partial charge in [-0.2, -0.15) is 4.98 Å². The van der Waals surface area contributed by atoms with Gasteiger partial charge in [0.2, 0.25) is 17.6 Å². The molecule has 9 nitrogen and oxygen atoms in total. The molecule has 0 saturated carbocycles. The van der Waals surface area contributed by atoms with Crippen LogP contribution >= 0.6 is 0 Å². The second-order valence-electron chi connectivity index (χ2n) is 6.17. The highest BCUT2D eigenvalue weighted by Gasteiger charge is 2.26. The Balaban J connectivity index is 1.53. The number of aliphatic carboxylic acids is 1. The van der Waals surface area contributed by atoms with E-state index in [1.165, 1.54) is 0 Å². The van der Waals surface area contributed by atoms with Gasteiger partial charge in [-0.15, -0.1) is 0 Å². The Hall–Kier alpha value is -2.94. The predicted molar refractivity (Wildman–Crippen MR) is 93.2 cm³/mol. The van der Waals surface area contributed by atoms with E-state index in [4.69, 9.17) is 19.1 Å². The first kappa shape index (κ1) is 18.8. The summed E-state index contributed by atoms with van der Waals surface area (Å²) in [6, 6.07) is 7.27. The number of carboxylic acids is 1. The number of hydrogen-bond donors (Lipinski definition) is 1. The van der Waals surface area contributed by atoms with Crippen molar-refractivity contribution in [3.05, 3.63) is 30.2 Å². The first-order valence-electron chi connectivity index (χ1n) is 8.63. The lowest BCUT2D eigenvalue weighted by molar-refractivity contribution is -0.147. The van der Waals surface area contributed by atoms with Crippen molar-refractivity contribution < 1.29 is 28.7 Å². The number of rotatable bonds is 7. The van der Waals surface area contributed by atoms with Gasteiger partial charge in [0.05, 0.1) is 26.2 Å². The molecule has 0 bridgehead atoms. The predicted octanol–water partition coefficient (Wildman–Crippen LogP) is 1.38. The molecule has 0 radical (unpaired) electrons. The molecule has 3 rings (SSSR count). The zero-order valence-corrected chi connectivity index (χ0v) is 15.0. The number of amides is 1. The highest BCUT2D eigenvalue weighted by atomic mass is 16.5. The van der Waals surface area contributed by atoms with Crippen molar-refractivity contribution in [1.29, 1.82) is 0 Å². The molecule has 1 aliphatic heterocycles. The molecule has 1 unspecified atom stereocenters. The number of carboxylic acid groups (broad SMARTS) is 1. The Morgan fingerprint density at radius 2 is 2.11 bits per heavy atom. The van der Waals surface area contributed by atoms with Crippen LogP contribution in [0, 0.1) is 0 Å². The summed E-state index contributed by atoms with van der Waals surface area (Å²) >= 11 is 0. The van der Waals surface area contributed by atoms with Crippen molar-refractivity contribution in [3.8, 4) is 17.1 Å². The number of methoxy groups -OCH3 is 1. The first-order chi connectivity index (χ1) is 13.0. The maximum Gasteiger partial charge on any atom is 0.306 e. The Kier molecular flexibility index (Phi) is 6.02. The molecule has 1 aliphatic rings. The van der Waals surface area contributed by atoms with Gasteiger partial charge in [0.1, 0.15) is 5.75 Å². The third-order valence-electron chi connectivity index (χ3n) is 4.26. The number of hydrogen-bond acceptors (Lipinski definition) is 7. The van der Waals surface area contributed by atoms with Crippen LogP contribution in [0.25, 0.3) is 11.4 Å². The van der Waals surface area contributed by atoms with Crippen molar-refractivity contribution >= 4 is 11.9 Å². The minimum absolute atomic E-state index is 0.0853. The van der Waals surface area contributed by atoms with Crippen LogP contribution in [-0.2, 0) is 20.7 Å². The van der Waals surface area contributed by atoms with Crippen molar-refractivity contribution in [2.75, 3.05) is 26.8 Å². The molecule has 0 spiro atoms. The molecular weight excluding hydrogens is 354 g/mol. The number of benzene rings is 1. The van der Waals surface area contributed by atoms with Gasteiger partial charge in [-0.3, -0.25) is 9.59 Å². The fraction of sp³-hybridized carbons (Fsp3) is 0.444. The Bertz CT molecular complexity index is 789. The number of ether oxygens (including phenoxy) is 2. The van der Waals surface area contributed by atoms with Crippen LogP contribution in [0.15, 0.2) is 28.8 Å².